The Bertz CT molecular complexity index is 1740. The van der Waals surface area contributed by atoms with Crippen LogP contribution in [-0.2, 0) is 20.8 Å². The van der Waals surface area contributed by atoms with Crippen LogP contribution in [0.1, 0.15) is 23.0 Å². The van der Waals surface area contributed by atoms with Crippen LogP contribution in [0, 0.1) is 0 Å². The van der Waals surface area contributed by atoms with E-state index in [1.165, 1.54) is 39.6 Å². The number of hydrogen-bond acceptors (Lipinski definition) is 12. The van der Waals surface area contributed by atoms with Crippen molar-refractivity contribution in [2.24, 2.45) is 0 Å². The summed E-state index contributed by atoms with van der Waals surface area (Å²) in [5.74, 6) is -0.115. The summed E-state index contributed by atoms with van der Waals surface area (Å²) in [6.45, 7) is 1.37. The standard InChI is InChI=1S/C26H26F3N7O6S/c1-14(43(5,38)39)32-22-19(24(37)42-4)8-15(12-30-22)20-13-31-25(33-16-9-17(40-2)11-18(10-16)41-3)34-23(20)36-7-6-21(35-36)26(27,28)29/h6-14H,1-5H3,(H,30,32)(H,31,33,34). The number of aromatic nitrogens is 5. The maximum atomic E-state index is 13.4. The van der Waals surface area contributed by atoms with Gasteiger partial charge in [-0.15, -0.1) is 0 Å². The molecule has 0 aliphatic rings. The van der Waals surface area contributed by atoms with Gasteiger partial charge in [-0.3, -0.25) is 0 Å². The minimum Gasteiger partial charge on any atom is -0.497 e. The van der Waals surface area contributed by atoms with Gasteiger partial charge in [-0.2, -0.15) is 23.3 Å². The fourth-order valence-electron chi connectivity index (χ4n) is 3.71. The average molecular weight is 622 g/mol. The molecule has 0 saturated heterocycles. The van der Waals surface area contributed by atoms with Crippen LogP contribution >= 0.6 is 0 Å². The SMILES string of the molecule is COC(=O)c1cc(-c2cnc(Nc3cc(OC)cc(OC)c3)nc2-n2ccc(C(F)(F)F)n2)cnc1NC(C)S(C)(=O)=O. The lowest BCUT2D eigenvalue weighted by atomic mass is 10.1. The highest BCUT2D eigenvalue weighted by Crippen LogP contribution is 2.33. The van der Waals surface area contributed by atoms with Gasteiger partial charge in [0.25, 0.3) is 0 Å². The largest absolute Gasteiger partial charge is 0.497 e. The third-order valence-corrected chi connectivity index (χ3v) is 7.46. The first-order valence-electron chi connectivity index (χ1n) is 12.3. The summed E-state index contributed by atoms with van der Waals surface area (Å²) in [4.78, 5) is 25.5. The first-order chi connectivity index (χ1) is 20.2. The molecule has 43 heavy (non-hydrogen) atoms. The summed E-state index contributed by atoms with van der Waals surface area (Å²) in [5.41, 5.74) is -0.496. The Balaban J connectivity index is 1.85. The molecule has 3 aromatic heterocycles. The molecule has 0 saturated carbocycles. The highest BCUT2D eigenvalue weighted by molar-refractivity contribution is 7.91. The van der Waals surface area contributed by atoms with Crippen molar-refractivity contribution in [3.63, 3.8) is 0 Å². The Hall–Kier alpha value is -4.93. The van der Waals surface area contributed by atoms with Crippen LogP contribution in [0.15, 0.2) is 48.9 Å². The molecule has 1 unspecified atom stereocenters. The monoisotopic (exact) mass is 621 g/mol. The second-order valence-corrected chi connectivity index (χ2v) is 11.4. The van der Waals surface area contributed by atoms with Crippen LogP contribution < -0.4 is 20.1 Å². The van der Waals surface area contributed by atoms with Gasteiger partial charge in [0.15, 0.2) is 21.3 Å². The second-order valence-electron chi connectivity index (χ2n) is 9.03. The van der Waals surface area contributed by atoms with E-state index in [2.05, 4.69) is 30.7 Å². The van der Waals surface area contributed by atoms with Crippen LogP contribution in [0.25, 0.3) is 16.9 Å². The van der Waals surface area contributed by atoms with Crippen molar-refractivity contribution in [3.05, 3.63) is 60.2 Å². The Morgan fingerprint density at radius 3 is 2.26 bits per heavy atom. The highest BCUT2D eigenvalue weighted by Gasteiger charge is 2.34. The number of sulfone groups is 1. The number of carbonyl (C=O) groups is 1. The van der Waals surface area contributed by atoms with E-state index in [0.717, 1.165) is 30.3 Å². The van der Waals surface area contributed by atoms with Gasteiger partial charge in [0.05, 0.1) is 21.3 Å². The van der Waals surface area contributed by atoms with Crippen LogP contribution in [0.5, 0.6) is 11.5 Å². The molecule has 0 fully saturated rings. The van der Waals surface area contributed by atoms with Crippen molar-refractivity contribution >= 4 is 33.3 Å². The van der Waals surface area contributed by atoms with E-state index in [0.29, 0.717) is 17.2 Å². The summed E-state index contributed by atoms with van der Waals surface area (Å²) in [6.07, 6.45) is -0.0519. The fourth-order valence-corrected chi connectivity index (χ4v) is 4.03. The Kier molecular flexibility index (Phi) is 8.75. The number of methoxy groups -OCH3 is 3. The quantitative estimate of drug-likeness (QED) is 0.245. The first kappa shape index (κ1) is 31.0. The zero-order valence-corrected chi connectivity index (χ0v) is 24.2. The molecule has 1 atom stereocenters. The number of pyridine rings is 1. The molecule has 17 heteroatoms. The van der Waals surface area contributed by atoms with Gasteiger partial charge in [-0.25, -0.2) is 27.9 Å². The number of rotatable bonds is 10. The Labute approximate surface area is 244 Å². The van der Waals surface area contributed by atoms with E-state index < -0.39 is 33.1 Å². The number of hydrogen-bond donors (Lipinski definition) is 2. The molecule has 0 bridgehead atoms. The molecule has 0 amide bonds. The van der Waals surface area contributed by atoms with Crippen molar-refractivity contribution in [2.75, 3.05) is 38.2 Å². The first-order valence-corrected chi connectivity index (χ1v) is 14.2. The summed E-state index contributed by atoms with van der Waals surface area (Å²) in [6, 6.07) is 7.01. The van der Waals surface area contributed by atoms with Gasteiger partial charge in [-0.05, 0) is 19.1 Å². The van der Waals surface area contributed by atoms with E-state index in [-0.39, 0.29) is 34.3 Å². The molecule has 13 nitrogen and oxygen atoms in total. The van der Waals surface area contributed by atoms with Crippen molar-refractivity contribution in [1.82, 2.24) is 24.7 Å². The van der Waals surface area contributed by atoms with Gasteiger partial charge in [-0.1, -0.05) is 0 Å². The lowest BCUT2D eigenvalue weighted by molar-refractivity contribution is -0.141. The van der Waals surface area contributed by atoms with Crippen LogP contribution in [0.4, 0.5) is 30.6 Å². The van der Waals surface area contributed by atoms with E-state index in [1.807, 2.05) is 0 Å². The molecule has 228 valence electrons. The van der Waals surface area contributed by atoms with E-state index >= 15 is 0 Å². The number of ether oxygens (including phenoxy) is 3. The lowest BCUT2D eigenvalue weighted by Crippen LogP contribution is -2.27. The molecule has 0 radical (unpaired) electrons. The zero-order chi connectivity index (χ0) is 31.5. The molecule has 1 aromatic carbocycles. The minimum absolute atomic E-state index is 0.0143. The molecule has 4 aromatic rings. The number of halogens is 3. The summed E-state index contributed by atoms with van der Waals surface area (Å²) in [7, 11) is 0.513. The van der Waals surface area contributed by atoms with Crippen LogP contribution in [-0.4, -0.2) is 72.1 Å². The van der Waals surface area contributed by atoms with Crippen molar-refractivity contribution < 1.29 is 40.6 Å². The molecular weight excluding hydrogens is 595 g/mol. The van der Waals surface area contributed by atoms with E-state index in [4.69, 9.17) is 14.2 Å². The number of nitrogens with one attached hydrogen (secondary N) is 2. The van der Waals surface area contributed by atoms with E-state index in [1.54, 1.807) is 18.2 Å². The number of alkyl halides is 3. The van der Waals surface area contributed by atoms with E-state index in [9.17, 15) is 26.4 Å². The Morgan fingerprint density at radius 2 is 1.70 bits per heavy atom. The van der Waals surface area contributed by atoms with Gasteiger partial charge in [0.2, 0.25) is 5.95 Å². The molecule has 3 heterocycles. The smallest absolute Gasteiger partial charge is 0.435 e. The fraction of sp³-hybridized carbons (Fsp3) is 0.269. The molecule has 2 N–H and O–H groups in total. The highest BCUT2D eigenvalue weighted by atomic mass is 32.2. The van der Waals surface area contributed by atoms with Gasteiger partial charge in [0, 0.05) is 59.9 Å². The lowest BCUT2D eigenvalue weighted by Gasteiger charge is -2.17. The van der Waals surface area contributed by atoms with Crippen molar-refractivity contribution in [1.29, 1.82) is 0 Å². The van der Waals surface area contributed by atoms with Gasteiger partial charge < -0.3 is 24.8 Å². The number of anilines is 3. The average Bonchev–Trinajstić information content (AvgIpc) is 3.47. The topological polar surface area (TPSA) is 159 Å². The van der Waals surface area contributed by atoms with Crippen LogP contribution in [0.3, 0.4) is 0 Å². The predicted octanol–water partition coefficient (Wildman–Crippen LogP) is 4.09. The summed E-state index contributed by atoms with van der Waals surface area (Å²) < 4.78 is 80.4. The third-order valence-electron chi connectivity index (χ3n) is 6.06. The van der Waals surface area contributed by atoms with Gasteiger partial charge in [0.1, 0.15) is 28.3 Å². The van der Waals surface area contributed by atoms with Gasteiger partial charge >= 0.3 is 12.1 Å². The molecule has 0 spiro atoms. The van der Waals surface area contributed by atoms with Crippen molar-refractivity contribution in [3.8, 4) is 28.4 Å². The third kappa shape index (κ3) is 7.11. The predicted molar refractivity (Wildman–Crippen MR) is 149 cm³/mol. The molecular formula is C26H26F3N7O6S. The number of nitrogens with zero attached hydrogens (tertiary/aromatic N) is 5. The number of benzene rings is 1. The molecule has 0 aliphatic carbocycles. The van der Waals surface area contributed by atoms with Crippen LogP contribution in [0.2, 0.25) is 0 Å². The number of esters is 1. The zero-order valence-electron chi connectivity index (χ0n) is 23.4. The maximum absolute atomic E-state index is 13.4. The number of carbonyl (C=O) groups excluding carboxylic acids is 1. The molecule has 4 rings (SSSR count). The molecule has 0 aliphatic heterocycles. The Morgan fingerprint density at radius 1 is 1.02 bits per heavy atom. The second kappa shape index (κ2) is 12.1. The summed E-state index contributed by atoms with van der Waals surface area (Å²) in [5, 5.41) is 8.16. The minimum atomic E-state index is -4.72. The van der Waals surface area contributed by atoms with Crippen molar-refractivity contribution in [2.45, 2.75) is 18.5 Å². The normalized spacial score (nSPS) is 12.4. The maximum Gasteiger partial charge on any atom is 0.435 e. The summed E-state index contributed by atoms with van der Waals surface area (Å²) >= 11 is 0.